The Bertz CT molecular complexity index is 221. The second-order valence-electron chi connectivity index (χ2n) is 4.07. The SMILES string of the molecule is [CH2]C(CC[C@@H](C)CC)O[C@@H]1C=CC=CO1. The third-order valence-electron chi connectivity index (χ3n) is 2.68. The van der Waals surface area contributed by atoms with Crippen molar-refractivity contribution in [2.75, 3.05) is 0 Å². The lowest BCUT2D eigenvalue weighted by Crippen LogP contribution is -2.21. The molecule has 15 heavy (non-hydrogen) atoms. The van der Waals surface area contributed by atoms with Crippen LogP contribution in [0.25, 0.3) is 0 Å². The first-order valence-corrected chi connectivity index (χ1v) is 5.69. The van der Waals surface area contributed by atoms with E-state index < -0.39 is 0 Å². The number of hydrogen-bond donors (Lipinski definition) is 0. The highest BCUT2D eigenvalue weighted by atomic mass is 16.7. The summed E-state index contributed by atoms with van der Waals surface area (Å²) in [7, 11) is 0. The maximum Gasteiger partial charge on any atom is 0.219 e. The second kappa shape index (κ2) is 6.67. The van der Waals surface area contributed by atoms with Crippen LogP contribution in [0.1, 0.15) is 33.1 Å². The van der Waals surface area contributed by atoms with Crippen molar-refractivity contribution in [3.63, 3.8) is 0 Å². The van der Waals surface area contributed by atoms with E-state index >= 15 is 0 Å². The minimum atomic E-state index is -0.255. The molecular formula is C13H21O2. The van der Waals surface area contributed by atoms with Crippen molar-refractivity contribution in [3.05, 3.63) is 31.4 Å². The van der Waals surface area contributed by atoms with Gasteiger partial charge in [0, 0.05) is 0 Å². The predicted molar refractivity (Wildman–Crippen MR) is 62.1 cm³/mol. The molecule has 0 aliphatic carbocycles. The average molecular weight is 209 g/mol. The summed E-state index contributed by atoms with van der Waals surface area (Å²) < 4.78 is 10.9. The summed E-state index contributed by atoms with van der Waals surface area (Å²) in [6, 6.07) is 0. The van der Waals surface area contributed by atoms with Crippen LogP contribution >= 0.6 is 0 Å². The lowest BCUT2D eigenvalue weighted by Gasteiger charge is -2.21. The predicted octanol–water partition coefficient (Wildman–Crippen LogP) is 3.46. The molecule has 0 aromatic heterocycles. The minimum Gasteiger partial charge on any atom is -0.469 e. The van der Waals surface area contributed by atoms with Crippen molar-refractivity contribution in [1.29, 1.82) is 0 Å². The Kier molecular flexibility index (Phi) is 5.48. The van der Waals surface area contributed by atoms with Gasteiger partial charge in [-0.25, -0.2) is 0 Å². The van der Waals surface area contributed by atoms with Gasteiger partial charge in [-0.1, -0.05) is 26.3 Å². The van der Waals surface area contributed by atoms with Crippen LogP contribution in [-0.2, 0) is 9.47 Å². The topological polar surface area (TPSA) is 18.5 Å². The highest BCUT2D eigenvalue weighted by molar-refractivity contribution is 5.05. The van der Waals surface area contributed by atoms with Gasteiger partial charge in [0.15, 0.2) is 0 Å². The molecule has 2 nitrogen and oxygen atoms in total. The molecule has 0 bridgehead atoms. The maximum atomic E-state index is 5.61. The van der Waals surface area contributed by atoms with Gasteiger partial charge in [0.2, 0.25) is 6.29 Å². The molecule has 0 saturated carbocycles. The molecule has 0 aromatic rings. The van der Waals surface area contributed by atoms with Gasteiger partial charge in [-0.15, -0.1) is 0 Å². The largest absolute Gasteiger partial charge is 0.469 e. The number of ether oxygens (including phenoxy) is 2. The Balaban J connectivity index is 2.15. The highest BCUT2D eigenvalue weighted by Crippen LogP contribution is 2.15. The first-order chi connectivity index (χ1) is 7.22. The van der Waals surface area contributed by atoms with E-state index in [0.29, 0.717) is 0 Å². The zero-order chi connectivity index (χ0) is 11.1. The molecule has 0 amide bonds. The van der Waals surface area contributed by atoms with E-state index in [0.717, 1.165) is 18.8 Å². The molecule has 1 aliphatic rings. The van der Waals surface area contributed by atoms with Gasteiger partial charge >= 0.3 is 0 Å². The molecule has 85 valence electrons. The summed E-state index contributed by atoms with van der Waals surface area (Å²) in [5.41, 5.74) is 0. The summed E-state index contributed by atoms with van der Waals surface area (Å²) >= 11 is 0. The quantitative estimate of drug-likeness (QED) is 0.667. The van der Waals surface area contributed by atoms with Crippen molar-refractivity contribution >= 4 is 0 Å². The van der Waals surface area contributed by atoms with E-state index in [1.807, 2.05) is 18.2 Å². The molecule has 1 unspecified atom stereocenters. The number of hydrogen-bond acceptors (Lipinski definition) is 2. The molecule has 3 atom stereocenters. The van der Waals surface area contributed by atoms with Crippen LogP contribution in [-0.4, -0.2) is 12.4 Å². The Morgan fingerprint density at radius 3 is 2.80 bits per heavy atom. The van der Waals surface area contributed by atoms with E-state index in [-0.39, 0.29) is 12.4 Å². The van der Waals surface area contributed by atoms with Crippen molar-refractivity contribution in [2.45, 2.75) is 45.5 Å². The lowest BCUT2D eigenvalue weighted by atomic mass is 10.0. The van der Waals surface area contributed by atoms with E-state index in [1.165, 1.54) is 6.42 Å². The second-order valence-corrected chi connectivity index (χ2v) is 4.07. The number of allylic oxidation sites excluding steroid dienone is 2. The van der Waals surface area contributed by atoms with Crippen LogP contribution in [0.15, 0.2) is 24.5 Å². The maximum absolute atomic E-state index is 5.61. The molecule has 1 rings (SSSR count). The zero-order valence-electron chi connectivity index (χ0n) is 9.69. The lowest BCUT2D eigenvalue weighted by molar-refractivity contribution is -0.101. The van der Waals surface area contributed by atoms with Crippen molar-refractivity contribution in [2.24, 2.45) is 5.92 Å². The Labute approximate surface area is 93.0 Å². The molecule has 1 radical (unpaired) electrons. The summed E-state index contributed by atoms with van der Waals surface area (Å²) in [5.74, 6) is 0.751. The fraction of sp³-hybridized carbons (Fsp3) is 0.615. The molecule has 1 aliphatic heterocycles. The minimum absolute atomic E-state index is 0.0140. The first-order valence-electron chi connectivity index (χ1n) is 5.69. The van der Waals surface area contributed by atoms with Gasteiger partial charge in [-0.2, -0.15) is 0 Å². The summed E-state index contributed by atoms with van der Waals surface area (Å²) in [6.45, 7) is 8.44. The Hall–Kier alpha value is -0.760. The van der Waals surface area contributed by atoms with E-state index in [4.69, 9.17) is 9.47 Å². The van der Waals surface area contributed by atoms with Crippen molar-refractivity contribution in [3.8, 4) is 0 Å². The third kappa shape index (κ3) is 5.03. The van der Waals surface area contributed by atoms with Gasteiger partial charge in [-0.05, 0) is 37.8 Å². The Morgan fingerprint density at radius 2 is 2.20 bits per heavy atom. The zero-order valence-corrected chi connectivity index (χ0v) is 9.69. The van der Waals surface area contributed by atoms with Crippen LogP contribution in [0.4, 0.5) is 0 Å². The van der Waals surface area contributed by atoms with Crippen LogP contribution in [0.3, 0.4) is 0 Å². The molecule has 0 N–H and O–H groups in total. The Morgan fingerprint density at radius 1 is 1.40 bits per heavy atom. The van der Waals surface area contributed by atoms with Gasteiger partial charge in [-0.3, -0.25) is 0 Å². The molecule has 0 saturated heterocycles. The van der Waals surface area contributed by atoms with Gasteiger partial charge < -0.3 is 9.47 Å². The van der Waals surface area contributed by atoms with E-state index in [2.05, 4.69) is 20.8 Å². The van der Waals surface area contributed by atoms with Gasteiger partial charge in [0.25, 0.3) is 0 Å². The fourth-order valence-electron chi connectivity index (χ4n) is 1.38. The summed E-state index contributed by atoms with van der Waals surface area (Å²) in [5, 5.41) is 0. The third-order valence-corrected chi connectivity index (χ3v) is 2.68. The van der Waals surface area contributed by atoms with Crippen molar-refractivity contribution in [1.82, 2.24) is 0 Å². The molecule has 1 heterocycles. The molecule has 0 aromatic carbocycles. The molecule has 0 spiro atoms. The smallest absolute Gasteiger partial charge is 0.219 e. The first kappa shape index (κ1) is 12.3. The standard InChI is InChI=1S/C13H21O2/c1-4-11(2)8-9-12(3)15-13-7-5-6-10-14-13/h5-7,10-13H,3-4,8-9H2,1-2H3/t11-,12?,13+/m0/s1. The van der Waals surface area contributed by atoms with Gasteiger partial charge in [0.1, 0.15) is 0 Å². The molecule has 0 fully saturated rings. The van der Waals surface area contributed by atoms with Crippen LogP contribution < -0.4 is 0 Å². The normalized spacial score (nSPS) is 23.5. The number of rotatable bonds is 6. The highest BCUT2D eigenvalue weighted by Gasteiger charge is 2.12. The fourth-order valence-corrected chi connectivity index (χ4v) is 1.38. The molecule has 2 heteroatoms. The summed E-state index contributed by atoms with van der Waals surface area (Å²) in [6.07, 6.45) is 10.4. The van der Waals surface area contributed by atoms with E-state index in [1.54, 1.807) is 6.26 Å². The van der Waals surface area contributed by atoms with Crippen LogP contribution in [0.5, 0.6) is 0 Å². The molecular weight excluding hydrogens is 188 g/mol. The van der Waals surface area contributed by atoms with E-state index in [9.17, 15) is 0 Å². The monoisotopic (exact) mass is 209 g/mol. The van der Waals surface area contributed by atoms with Crippen LogP contribution in [0, 0.1) is 12.8 Å². The summed E-state index contributed by atoms with van der Waals surface area (Å²) in [4.78, 5) is 0. The van der Waals surface area contributed by atoms with Gasteiger partial charge in [0.05, 0.1) is 12.4 Å². The van der Waals surface area contributed by atoms with Crippen molar-refractivity contribution < 1.29 is 9.47 Å². The average Bonchev–Trinajstić information content (AvgIpc) is 2.27. The van der Waals surface area contributed by atoms with Crippen LogP contribution in [0.2, 0.25) is 0 Å².